The maximum absolute atomic E-state index is 9.20. The van der Waals surface area contributed by atoms with Gasteiger partial charge in [-0.1, -0.05) is 26.7 Å². The van der Waals surface area contributed by atoms with E-state index in [9.17, 15) is 5.26 Å². The van der Waals surface area contributed by atoms with Crippen LogP contribution in [0.1, 0.15) is 49.9 Å². The van der Waals surface area contributed by atoms with Gasteiger partial charge in [0.05, 0.1) is 5.56 Å². The molecule has 96 valence electrons. The summed E-state index contributed by atoms with van der Waals surface area (Å²) in [7, 11) is 0. The van der Waals surface area contributed by atoms with Gasteiger partial charge in [-0.2, -0.15) is 5.26 Å². The predicted molar refractivity (Wildman–Crippen MR) is 73.5 cm³/mol. The molecule has 0 unspecified atom stereocenters. The Balaban J connectivity index is 2.15. The molecule has 1 aliphatic carbocycles. The highest BCUT2D eigenvalue weighted by Crippen LogP contribution is 2.25. The van der Waals surface area contributed by atoms with Gasteiger partial charge in [-0.25, -0.2) is 4.98 Å². The normalized spacial score (nSPS) is 13.4. The summed E-state index contributed by atoms with van der Waals surface area (Å²) in [5.41, 5.74) is 3.14. The Morgan fingerprint density at radius 3 is 2.83 bits per heavy atom. The molecule has 1 heterocycles. The van der Waals surface area contributed by atoms with Crippen LogP contribution in [0.5, 0.6) is 0 Å². The van der Waals surface area contributed by atoms with E-state index in [2.05, 4.69) is 30.2 Å². The van der Waals surface area contributed by atoms with E-state index in [1.165, 1.54) is 17.7 Å². The minimum absolute atomic E-state index is 0.659. The Labute approximate surface area is 109 Å². The summed E-state index contributed by atoms with van der Waals surface area (Å²) in [6, 6.07) is 4.28. The van der Waals surface area contributed by atoms with Gasteiger partial charge in [-0.3, -0.25) is 0 Å². The van der Waals surface area contributed by atoms with Crippen LogP contribution in [0.4, 0.5) is 5.82 Å². The molecule has 1 N–H and O–H groups in total. The first kappa shape index (κ1) is 12.9. The SMILES string of the molecule is CCC(CC)CNc1nc2c(cc1C#N)CCC2. The van der Waals surface area contributed by atoms with Crippen LogP contribution >= 0.6 is 0 Å². The summed E-state index contributed by atoms with van der Waals surface area (Å²) in [6.07, 6.45) is 5.63. The molecule has 2 rings (SSSR count). The predicted octanol–water partition coefficient (Wildman–Crippen LogP) is 3.29. The zero-order chi connectivity index (χ0) is 13.0. The Bertz CT molecular complexity index is 456. The largest absolute Gasteiger partial charge is 0.369 e. The first-order chi connectivity index (χ1) is 8.78. The summed E-state index contributed by atoms with van der Waals surface area (Å²) < 4.78 is 0. The average molecular weight is 243 g/mol. The lowest BCUT2D eigenvalue weighted by Crippen LogP contribution is -2.15. The second kappa shape index (κ2) is 5.86. The monoisotopic (exact) mass is 243 g/mol. The summed E-state index contributed by atoms with van der Waals surface area (Å²) in [4.78, 5) is 4.63. The first-order valence-electron chi connectivity index (χ1n) is 6.95. The number of aromatic nitrogens is 1. The molecule has 0 bridgehead atoms. The maximum atomic E-state index is 9.20. The van der Waals surface area contributed by atoms with Gasteiger partial charge in [0.2, 0.25) is 0 Å². The van der Waals surface area contributed by atoms with Crippen LogP contribution in [-0.2, 0) is 12.8 Å². The number of rotatable bonds is 5. The van der Waals surface area contributed by atoms with Crippen molar-refractivity contribution in [2.75, 3.05) is 11.9 Å². The van der Waals surface area contributed by atoms with Crippen molar-refractivity contribution < 1.29 is 0 Å². The third kappa shape index (κ3) is 2.64. The van der Waals surface area contributed by atoms with E-state index < -0.39 is 0 Å². The first-order valence-corrected chi connectivity index (χ1v) is 6.95. The van der Waals surface area contributed by atoms with Crippen LogP contribution in [0.25, 0.3) is 0 Å². The second-order valence-electron chi connectivity index (χ2n) is 5.02. The molecule has 0 spiro atoms. The number of nitrogens with zero attached hydrogens (tertiary/aromatic N) is 2. The molecule has 0 radical (unpaired) electrons. The van der Waals surface area contributed by atoms with Crippen molar-refractivity contribution in [1.82, 2.24) is 4.98 Å². The van der Waals surface area contributed by atoms with Crippen molar-refractivity contribution in [2.24, 2.45) is 5.92 Å². The Hall–Kier alpha value is -1.56. The zero-order valence-corrected chi connectivity index (χ0v) is 11.3. The van der Waals surface area contributed by atoms with E-state index in [1.807, 2.05) is 6.07 Å². The number of nitrogens with one attached hydrogen (secondary N) is 1. The third-order valence-corrected chi connectivity index (χ3v) is 3.88. The van der Waals surface area contributed by atoms with Crippen LogP contribution in [0.3, 0.4) is 0 Å². The summed E-state index contributed by atoms with van der Waals surface area (Å²) >= 11 is 0. The van der Waals surface area contributed by atoms with Crippen molar-refractivity contribution in [3.8, 4) is 6.07 Å². The third-order valence-electron chi connectivity index (χ3n) is 3.88. The molecular weight excluding hydrogens is 222 g/mol. The van der Waals surface area contributed by atoms with E-state index in [4.69, 9.17) is 0 Å². The Morgan fingerprint density at radius 2 is 2.17 bits per heavy atom. The number of pyridine rings is 1. The van der Waals surface area contributed by atoms with Gasteiger partial charge in [0.15, 0.2) is 0 Å². The maximum Gasteiger partial charge on any atom is 0.144 e. The van der Waals surface area contributed by atoms with Crippen LogP contribution < -0.4 is 5.32 Å². The Morgan fingerprint density at radius 1 is 1.39 bits per heavy atom. The van der Waals surface area contributed by atoms with Gasteiger partial charge in [0.25, 0.3) is 0 Å². The number of hydrogen-bond acceptors (Lipinski definition) is 3. The van der Waals surface area contributed by atoms with Crippen molar-refractivity contribution in [3.63, 3.8) is 0 Å². The number of nitriles is 1. The smallest absolute Gasteiger partial charge is 0.144 e. The van der Waals surface area contributed by atoms with Gasteiger partial charge in [-0.15, -0.1) is 0 Å². The van der Waals surface area contributed by atoms with E-state index in [0.29, 0.717) is 11.5 Å². The van der Waals surface area contributed by atoms with E-state index in [1.54, 1.807) is 0 Å². The van der Waals surface area contributed by atoms with Crippen LogP contribution in [0, 0.1) is 17.2 Å². The van der Waals surface area contributed by atoms with E-state index >= 15 is 0 Å². The van der Waals surface area contributed by atoms with Gasteiger partial charge >= 0.3 is 0 Å². The van der Waals surface area contributed by atoms with Crippen LogP contribution in [-0.4, -0.2) is 11.5 Å². The van der Waals surface area contributed by atoms with Crippen LogP contribution in [0.2, 0.25) is 0 Å². The minimum atomic E-state index is 0.659. The molecule has 3 heteroatoms. The summed E-state index contributed by atoms with van der Waals surface area (Å²) in [5, 5.41) is 12.6. The van der Waals surface area contributed by atoms with Gasteiger partial charge in [-0.05, 0) is 36.8 Å². The fourth-order valence-corrected chi connectivity index (χ4v) is 2.51. The Kier molecular flexibility index (Phi) is 4.19. The van der Waals surface area contributed by atoms with Crippen molar-refractivity contribution >= 4 is 5.82 Å². The van der Waals surface area contributed by atoms with E-state index in [-0.39, 0.29) is 0 Å². The van der Waals surface area contributed by atoms with Crippen molar-refractivity contribution in [3.05, 3.63) is 22.9 Å². The van der Waals surface area contributed by atoms with Crippen molar-refractivity contribution in [1.29, 1.82) is 5.26 Å². The molecule has 0 fully saturated rings. The summed E-state index contributed by atoms with van der Waals surface area (Å²) in [6.45, 7) is 5.32. The van der Waals surface area contributed by atoms with Crippen molar-refractivity contribution in [2.45, 2.75) is 46.0 Å². The quantitative estimate of drug-likeness (QED) is 0.863. The second-order valence-corrected chi connectivity index (χ2v) is 5.02. The fraction of sp³-hybridized carbons (Fsp3) is 0.600. The fourth-order valence-electron chi connectivity index (χ4n) is 2.51. The molecule has 0 amide bonds. The standard InChI is InChI=1S/C15H21N3/c1-3-11(4-2)10-17-15-13(9-16)8-12-6-5-7-14(12)18-15/h8,11H,3-7,10H2,1-2H3,(H,17,18). The number of hydrogen-bond donors (Lipinski definition) is 1. The molecule has 18 heavy (non-hydrogen) atoms. The lowest BCUT2D eigenvalue weighted by Gasteiger charge is -2.15. The molecule has 0 saturated heterocycles. The number of anilines is 1. The zero-order valence-electron chi connectivity index (χ0n) is 11.3. The number of fused-ring (bicyclic) bond motifs is 1. The minimum Gasteiger partial charge on any atom is -0.369 e. The molecule has 0 atom stereocenters. The van der Waals surface area contributed by atoms with Gasteiger partial charge in [0.1, 0.15) is 11.9 Å². The van der Waals surface area contributed by atoms with Crippen LogP contribution in [0.15, 0.2) is 6.07 Å². The van der Waals surface area contributed by atoms with Gasteiger partial charge in [0, 0.05) is 12.2 Å². The molecule has 1 aliphatic rings. The summed E-state index contributed by atoms with van der Waals surface area (Å²) in [5.74, 6) is 1.44. The molecule has 1 aromatic heterocycles. The lowest BCUT2D eigenvalue weighted by molar-refractivity contribution is 0.518. The lowest BCUT2D eigenvalue weighted by atomic mass is 10.0. The topological polar surface area (TPSA) is 48.7 Å². The molecule has 0 aromatic carbocycles. The molecular formula is C15H21N3. The highest BCUT2D eigenvalue weighted by atomic mass is 15.0. The average Bonchev–Trinajstić information content (AvgIpc) is 2.85. The molecule has 0 aliphatic heterocycles. The molecule has 3 nitrogen and oxygen atoms in total. The molecule has 0 saturated carbocycles. The highest BCUT2D eigenvalue weighted by molar-refractivity contribution is 5.55. The molecule has 1 aromatic rings. The highest BCUT2D eigenvalue weighted by Gasteiger charge is 2.16. The number of aryl methyl sites for hydroxylation is 2. The van der Waals surface area contributed by atoms with E-state index in [0.717, 1.165) is 38.0 Å². The van der Waals surface area contributed by atoms with Gasteiger partial charge < -0.3 is 5.32 Å².